The number of anilines is 1. The molecule has 5 heteroatoms. The summed E-state index contributed by atoms with van der Waals surface area (Å²) in [5, 5.41) is 4.33. The number of aryl methyl sites for hydroxylation is 1. The first-order valence-corrected chi connectivity index (χ1v) is 8.97. The topological polar surface area (TPSA) is 34.0 Å². The second-order valence-electron chi connectivity index (χ2n) is 7.82. The molecule has 0 saturated carbocycles. The van der Waals surface area contributed by atoms with Gasteiger partial charge in [-0.05, 0) is 47.4 Å². The van der Waals surface area contributed by atoms with E-state index in [0.29, 0.717) is 11.3 Å². The Bertz CT molecular complexity index is 805. The number of nitrogens with zero attached hydrogens (tertiary/aromatic N) is 4. The molecule has 4 nitrogen and oxygen atoms in total. The first-order chi connectivity index (χ1) is 11.4. The molecule has 0 amide bonds. The standard InChI is InChI=1S/C19H24N4S/c1-19(2)6-4-13(5-7-19)14-8-16-17(15-10-21-22(3)11-15)12-23(24)18(16)20-9-14/h4,8-11,17,24H,5-7,12H2,1-3H3. The second kappa shape index (κ2) is 5.66. The summed E-state index contributed by atoms with van der Waals surface area (Å²) in [5.74, 6) is 1.27. The highest BCUT2D eigenvalue weighted by atomic mass is 32.1. The van der Waals surface area contributed by atoms with E-state index in [2.05, 4.69) is 50.1 Å². The van der Waals surface area contributed by atoms with Crippen LogP contribution in [0.4, 0.5) is 5.82 Å². The van der Waals surface area contributed by atoms with Crippen molar-refractivity contribution in [2.45, 2.75) is 39.0 Å². The molecule has 0 saturated heterocycles. The van der Waals surface area contributed by atoms with E-state index < -0.39 is 0 Å². The van der Waals surface area contributed by atoms with E-state index >= 15 is 0 Å². The zero-order valence-electron chi connectivity index (χ0n) is 14.5. The predicted molar refractivity (Wildman–Crippen MR) is 101 cm³/mol. The Kier molecular flexibility index (Phi) is 3.71. The lowest BCUT2D eigenvalue weighted by atomic mass is 9.77. The van der Waals surface area contributed by atoms with Gasteiger partial charge in [0, 0.05) is 37.5 Å². The van der Waals surface area contributed by atoms with Crippen LogP contribution in [0.25, 0.3) is 5.57 Å². The Labute approximate surface area is 149 Å². The number of fused-ring (bicyclic) bond motifs is 1. The fourth-order valence-corrected chi connectivity index (χ4v) is 4.05. The van der Waals surface area contributed by atoms with Crippen molar-refractivity contribution in [1.29, 1.82) is 0 Å². The fraction of sp³-hybridized carbons (Fsp3) is 0.474. The lowest BCUT2D eigenvalue weighted by Crippen LogP contribution is -2.14. The number of aromatic nitrogens is 3. The summed E-state index contributed by atoms with van der Waals surface area (Å²) < 4.78 is 3.81. The van der Waals surface area contributed by atoms with Gasteiger partial charge >= 0.3 is 0 Å². The highest BCUT2D eigenvalue weighted by molar-refractivity contribution is 7.81. The molecule has 0 fully saturated rings. The zero-order chi connectivity index (χ0) is 16.9. The highest BCUT2D eigenvalue weighted by Crippen LogP contribution is 2.43. The van der Waals surface area contributed by atoms with Crippen LogP contribution in [-0.4, -0.2) is 21.3 Å². The molecular weight excluding hydrogens is 316 g/mol. The summed E-state index contributed by atoms with van der Waals surface area (Å²) in [6.45, 7) is 5.53. The number of hydrogen-bond acceptors (Lipinski definition) is 4. The Morgan fingerprint density at radius 1 is 1.29 bits per heavy atom. The Hall–Kier alpha value is -1.75. The van der Waals surface area contributed by atoms with E-state index in [4.69, 9.17) is 4.98 Å². The van der Waals surface area contributed by atoms with Crippen LogP contribution in [0, 0.1) is 5.41 Å². The van der Waals surface area contributed by atoms with Gasteiger partial charge < -0.3 is 4.31 Å². The van der Waals surface area contributed by atoms with Gasteiger partial charge in [-0.1, -0.05) is 32.7 Å². The third-order valence-corrected chi connectivity index (χ3v) is 5.69. The molecule has 3 heterocycles. The Morgan fingerprint density at radius 2 is 2.12 bits per heavy atom. The fourth-order valence-electron chi connectivity index (χ4n) is 3.72. The molecule has 24 heavy (non-hydrogen) atoms. The van der Waals surface area contributed by atoms with Crippen LogP contribution in [0.5, 0.6) is 0 Å². The summed E-state index contributed by atoms with van der Waals surface area (Å²) in [5.41, 5.74) is 5.62. The van der Waals surface area contributed by atoms with Crippen molar-refractivity contribution in [2.24, 2.45) is 12.5 Å². The maximum Gasteiger partial charge on any atom is 0.142 e. The van der Waals surface area contributed by atoms with Crippen LogP contribution in [0.2, 0.25) is 0 Å². The van der Waals surface area contributed by atoms with E-state index in [1.165, 1.54) is 28.7 Å². The SMILES string of the molecule is Cn1cc(C2CN(S)c3ncc(C4=CCC(C)(C)CC4)cc32)cn1. The van der Waals surface area contributed by atoms with Crippen molar-refractivity contribution >= 4 is 24.2 Å². The molecule has 2 aliphatic rings. The smallest absolute Gasteiger partial charge is 0.142 e. The second-order valence-corrected chi connectivity index (χ2v) is 8.30. The van der Waals surface area contributed by atoms with Crippen molar-refractivity contribution in [3.63, 3.8) is 0 Å². The van der Waals surface area contributed by atoms with Crippen LogP contribution in [0.1, 0.15) is 55.7 Å². The molecule has 126 valence electrons. The molecule has 4 rings (SSSR count). The van der Waals surface area contributed by atoms with E-state index in [1.54, 1.807) is 0 Å². The number of rotatable bonds is 2. The number of pyridine rings is 1. The summed E-state index contributed by atoms with van der Waals surface area (Å²) >= 11 is 4.60. The van der Waals surface area contributed by atoms with Gasteiger partial charge in [-0.15, -0.1) is 0 Å². The average Bonchev–Trinajstić information content (AvgIpc) is 3.11. The average molecular weight is 340 g/mol. The third-order valence-electron chi connectivity index (χ3n) is 5.34. The Morgan fingerprint density at radius 3 is 2.79 bits per heavy atom. The van der Waals surface area contributed by atoms with Crippen LogP contribution in [0.15, 0.2) is 30.7 Å². The lowest BCUT2D eigenvalue weighted by molar-refractivity contribution is 0.335. The van der Waals surface area contributed by atoms with Crippen LogP contribution in [-0.2, 0) is 7.05 Å². The normalized spacial score (nSPS) is 22.4. The monoisotopic (exact) mass is 340 g/mol. The minimum atomic E-state index is 0.291. The Balaban J connectivity index is 1.70. The van der Waals surface area contributed by atoms with Gasteiger partial charge in [-0.2, -0.15) is 5.10 Å². The molecule has 1 aliphatic carbocycles. The molecule has 0 aromatic carbocycles. The minimum Gasteiger partial charge on any atom is -0.302 e. The van der Waals surface area contributed by atoms with Crippen molar-refractivity contribution in [2.75, 3.05) is 10.8 Å². The van der Waals surface area contributed by atoms with Crippen LogP contribution in [0.3, 0.4) is 0 Å². The molecular formula is C19H24N4S. The molecule has 0 spiro atoms. The molecule has 1 unspecified atom stereocenters. The largest absolute Gasteiger partial charge is 0.302 e. The van der Waals surface area contributed by atoms with Gasteiger partial charge in [0.15, 0.2) is 0 Å². The highest BCUT2D eigenvalue weighted by Gasteiger charge is 2.31. The van der Waals surface area contributed by atoms with Gasteiger partial charge in [-0.3, -0.25) is 4.68 Å². The first kappa shape index (κ1) is 15.8. The summed E-state index contributed by atoms with van der Waals surface area (Å²) in [7, 11) is 1.96. The van der Waals surface area contributed by atoms with Crippen molar-refractivity contribution in [3.05, 3.63) is 47.4 Å². The first-order valence-electron chi connectivity index (χ1n) is 8.57. The van der Waals surface area contributed by atoms with Crippen LogP contribution >= 0.6 is 12.8 Å². The maximum atomic E-state index is 4.72. The van der Waals surface area contributed by atoms with E-state index in [9.17, 15) is 0 Å². The van der Waals surface area contributed by atoms with Gasteiger partial charge in [-0.25, -0.2) is 4.98 Å². The number of thiol groups is 1. The molecule has 0 bridgehead atoms. The quantitative estimate of drug-likeness (QED) is 0.832. The van der Waals surface area contributed by atoms with Gasteiger partial charge in [0.25, 0.3) is 0 Å². The minimum absolute atomic E-state index is 0.291. The molecule has 0 N–H and O–H groups in total. The van der Waals surface area contributed by atoms with Crippen molar-refractivity contribution in [3.8, 4) is 0 Å². The number of hydrogen-bond donors (Lipinski definition) is 1. The predicted octanol–water partition coefficient (Wildman–Crippen LogP) is 4.21. The zero-order valence-corrected chi connectivity index (χ0v) is 15.4. The number of allylic oxidation sites excluding steroid dienone is 2. The summed E-state index contributed by atoms with van der Waals surface area (Å²) in [6, 6.07) is 2.32. The third kappa shape index (κ3) is 2.75. The lowest BCUT2D eigenvalue weighted by Gasteiger charge is -2.28. The van der Waals surface area contributed by atoms with E-state index in [0.717, 1.165) is 25.2 Å². The van der Waals surface area contributed by atoms with E-state index in [1.807, 2.05) is 28.4 Å². The van der Waals surface area contributed by atoms with Crippen molar-refractivity contribution < 1.29 is 0 Å². The molecule has 1 atom stereocenters. The van der Waals surface area contributed by atoms with Gasteiger partial charge in [0.2, 0.25) is 0 Å². The molecule has 2 aromatic rings. The van der Waals surface area contributed by atoms with Gasteiger partial charge in [0.1, 0.15) is 5.82 Å². The summed E-state index contributed by atoms with van der Waals surface area (Å²) in [4.78, 5) is 4.72. The molecule has 0 radical (unpaired) electrons. The van der Waals surface area contributed by atoms with Gasteiger partial charge in [0.05, 0.1) is 6.20 Å². The summed E-state index contributed by atoms with van der Waals surface area (Å²) in [6.07, 6.45) is 12.0. The molecule has 2 aromatic heterocycles. The van der Waals surface area contributed by atoms with Crippen LogP contribution < -0.4 is 4.31 Å². The van der Waals surface area contributed by atoms with Crippen molar-refractivity contribution in [1.82, 2.24) is 14.8 Å². The van der Waals surface area contributed by atoms with E-state index in [-0.39, 0.29) is 0 Å². The maximum absolute atomic E-state index is 4.72. The molecule has 1 aliphatic heterocycles.